The van der Waals surface area contributed by atoms with E-state index in [1.54, 1.807) is 24.3 Å². The molecule has 0 radical (unpaired) electrons. The fourth-order valence-electron chi connectivity index (χ4n) is 2.44. The van der Waals surface area contributed by atoms with E-state index >= 15 is 0 Å². The zero-order valence-corrected chi connectivity index (χ0v) is 14.8. The molecule has 0 fully saturated rings. The molecule has 0 saturated heterocycles. The van der Waals surface area contributed by atoms with Crippen LogP contribution in [-0.4, -0.2) is 18.4 Å². The van der Waals surface area contributed by atoms with Crippen LogP contribution in [0.1, 0.15) is 42.5 Å². The molecule has 0 aliphatic heterocycles. The molecule has 5 heteroatoms. The monoisotopic (exact) mass is 340 g/mol. The predicted molar refractivity (Wildman–Crippen MR) is 97.3 cm³/mol. The van der Waals surface area contributed by atoms with E-state index in [0.717, 1.165) is 11.1 Å². The fourth-order valence-corrected chi connectivity index (χ4v) is 2.44. The van der Waals surface area contributed by atoms with Crippen molar-refractivity contribution in [3.8, 4) is 5.75 Å². The molecule has 3 N–H and O–H groups in total. The highest BCUT2D eigenvalue weighted by atomic mass is 16.5. The average Bonchev–Trinajstić information content (AvgIpc) is 2.59. The maximum absolute atomic E-state index is 12.2. The summed E-state index contributed by atoms with van der Waals surface area (Å²) in [7, 11) is 0. The standard InChI is InChI=1S/C20H24N2O3/c1-13(2)16-10-9-14(3)17(11-16)25-12-18(23)22-19(20(21)24)15-7-5-4-6-8-15/h4-11,13,19H,12H2,1-3H3,(H2,21,24)(H,22,23)/t19-/m1/s1. The van der Waals surface area contributed by atoms with E-state index in [4.69, 9.17) is 10.5 Å². The minimum Gasteiger partial charge on any atom is -0.483 e. The molecular weight excluding hydrogens is 316 g/mol. The van der Waals surface area contributed by atoms with Crippen molar-refractivity contribution in [2.45, 2.75) is 32.7 Å². The van der Waals surface area contributed by atoms with E-state index in [2.05, 4.69) is 19.2 Å². The maximum atomic E-state index is 12.2. The third kappa shape index (κ3) is 5.08. The highest BCUT2D eigenvalue weighted by Gasteiger charge is 2.20. The van der Waals surface area contributed by atoms with Crippen molar-refractivity contribution in [3.05, 3.63) is 65.2 Å². The van der Waals surface area contributed by atoms with Gasteiger partial charge in [-0.2, -0.15) is 0 Å². The second-order valence-corrected chi connectivity index (χ2v) is 6.28. The summed E-state index contributed by atoms with van der Waals surface area (Å²) >= 11 is 0. The molecular formula is C20H24N2O3. The number of carbonyl (C=O) groups is 2. The summed E-state index contributed by atoms with van der Waals surface area (Å²) in [5.41, 5.74) is 8.14. The normalized spacial score (nSPS) is 11.8. The van der Waals surface area contributed by atoms with Crippen LogP contribution in [0.25, 0.3) is 0 Å². The first-order chi connectivity index (χ1) is 11.9. The SMILES string of the molecule is Cc1ccc(C(C)C)cc1OCC(=O)N[C@@H](C(N)=O)c1ccccc1. The Bertz CT molecular complexity index is 742. The van der Waals surface area contributed by atoms with Crippen LogP contribution in [0, 0.1) is 6.92 Å². The fraction of sp³-hybridized carbons (Fsp3) is 0.300. The van der Waals surface area contributed by atoms with Crippen molar-refractivity contribution in [1.82, 2.24) is 5.32 Å². The Morgan fingerprint density at radius 2 is 1.76 bits per heavy atom. The summed E-state index contributed by atoms with van der Waals surface area (Å²) in [6.45, 7) is 5.93. The number of benzene rings is 2. The Balaban J connectivity index is 2.02. The average molecular weight is 340 g/mol. The van der Waals surface area contributed by atoms with Crippen LogP contribution in [-0.2, 0) is 9.59 Å². The van der Waals surface area contributed by atoms with Gasteiger partial charge in [0.15, 0.2) is 6.61 Å². The van der Waals surface area contributed by atoms with Gasteiger partial charge in [-0.15, -0.1) is 0 Å². The Kier molecular flexibility index (Phi) is 6.17. The van der Waals surface area contributed by atoms with Gasteiger partial charge in [0.05, 0.1) is 0 Å². The highest BCUT2D eigenvalue weighted by Crippen LogP contribution is 2.24. The van der Waals surface area contributed by atoms with Crippen molar-refractivity contribution in [3.63, 3.8) is 0 Å². The molecule has 0 aliphatic rings. The number of nitrogens with one attached hydrogen (secondary N) is 1. The lowest BCUT2D eigenvalue weighted by Gasteiger charge is -2.17. The number of aryl methyl sites for hydroxylation is 1. The van der Waals surface area contributed by atoms with Gasteiger partial charge in [0.25, 0.3) is 5.91 Å². The lowest BCUT2D eigenvalue weighted by molar-refractivity contribution is -0.128. The minimum absolute atomic E-state index is 0.182. The van der Waals surface area contributed by atoms with Crippen LogP contribution in [0.4, 0.5) is 0 Å². The third-order valence-electron chi connectivity index (χ3n) is 3.96. The lowest BCUT2D eigenvalue weighted by Crippen LogP contribution is -2.39. The van der Waals surface area contributed by atoms with E-state index in [1.165, 1.54) is 0 Å². The summed E-state index contributed by atoms with van der Waals surface area (Å²) in [4.78, 5) is 23.8. The lowest BCUT2D eigenvalue weighted by atomic mass is 10.0. The molecule has 0 spiro atoms. The molecule has 0 bridgehead atoms. The maximum Gasteiger partial charge on any atom is 0.258 e. The van der Waals surface area contributed by atoms with E-state index in [9.17, 15) is 9.59 Å². The highest BCUT2D eigenvalue weighted by molar-refractivity contribution is 5.88. The van der Waals surface area contributed by atoms with Crippen LogP contribution in [0.5, 0.6) is 5.75 Å². The molecule has 25 heavy (non-hydrogen) atoms. The van der Waals surface area contributed by atoms with Gasteiger partial charge in [0.1, 0.15) is 11.8 Å². The number of rotatable bonds is 7. The molecule has 2 rings (SSSR count). The van der Waals surface area contributed by atoms with Crippen LogP contribution >= 0.6 is 0 Å². The minimum atomic E-state index is -0.875. The molecule has 132 valence electrons. The van der Waals surface area contributed by atoms with Gasteiger partial charge in [-0.05, 0) is 35.6 Å². The van der Waals surface area contributed by atoms with Crippen molar-refractivity contribution in [1.29, 1.82) is 0 Å². The molecule has 0 saturated carbocycles. The van der Waals surface area contributed by atoms with Gasteiger partial charge in [0.2, 0.25) is 5.91 Å². The number of hydrogen-bond acceptors (Lipinski definition) is 3. The summed E-state index contributed by atoms with van der Waals surface area (Å²) < 4.78 is 5.64. The van der Waals surface area contributed by atoms with Gasteiger partial charge < -0.3 is 15.8 Å². The van der Waals surface area contributed by atoms with Crippen molar-refractivity contribution >= 4 is 11.8 Å². The first kappa shape index (κ1) is 18.5. The molecule has 1 atom stereocenters. The second-order valence-electron chi connectivity index (χ2n) is 6.28. The number of primary amides is 1. The Hall–Kier alpha value is -2.82. The smallest absolute Gasteiger partial charge is 0.258 e. The topological polar surface area (TPSA) is 81.4 Å². The molecule has 5 nitrogen and oxygen atoms in total. The second kappa shape index (κ2) is 8.33. The molecule has 2 aromatic carbocycles. The van der Waals surface area contributed by atoms with Gasteiger partial charge in [-0.25, -0.2) is 0 Å². The van der Waals surface area contributed by atoms with E-state index < -0.39 is 17.9 Å². The quantitative estimate of drug-likeness (QED) is 0.813. The Labute approximate surface area is 148 Å². The number of amides is 2. The zero-order chi connectivity index (χ0) is 18.4. The molecule has 2 amide bonds. The zero-order valence-electron chi connectivity index (χ0n) is 14.8. The number of nitrogens with two attached hydrogens (primary N) is 1. The molecule has 0 heterocycles. The first-order valence-corrected chi connectivity index (χ1v) is 8.25. The van der Waals surface area contributed by atoms with E-state index in [1.807, 2.05) is 31.2 Å². The summed E-state index contributed by atoms with van der Waals surface area (Å²) in [5.74, 6) is 0.0188. The van der Waals surface area contributed by atoms with Gasteiger partial charge >= 0.3 is 0 Å². The van der Waals surface area contributed by atoms with Gasteiger partial charge in [0, 0.05) is 0 Å². The number of ether oxygens (including phenoxy) is 1. The Morgan fingerprint density at radius 3 is 2.36 bits per heavy atom. The molecule has 0 aliphatic carbocycles. The van der Waals surface area contributed by atoms with E-state index in [0.29, 0.717) is 17.2 Å². The van der Waals surface area contributed by atoms with Crippen molar-refractivity contribution in [2.24, 2.45) is 5.73 Å². The predicted octanol–water partition coefficient (Wildman–Crippen LogP) is 2.84. The van der Waals surface area contributed by atoms with Crippen LogP contribution in [0.2, 0.25) is 0 Å². The number of hydrogen-bond donors (Lipinski definition) is 2. The molecule has 0 aromatic heterocycles. The first-order valence-electron chi connectivity index (χ1n) is 8.25. The van der Waals surface area contributed by atoms with Crippen LogP contribution in [0.15, 0.2) is 48.5 Å². The van der Waals surface area contributed by atoms with Crippen molar-refractivity contribution < 1.29 is 14.3 Å². The van der Waals surface area contributed by atoms with Gasteiger partial charge in [-0.3, -0.25) is 9.59 Å². The molecule has 0 unspecified atom stereocenters. The Morgan fingerprint density at radius 1 is 1.08 bits per heavy atom. The summed E-state index contributed by atoms with van der Waals surface area (Å²) in [6, 6.07) is 14.0. The van der Waals surface area contributed by atoms with Crippen LogP contribution in [0.3, 0.4) is 0 Å². The van der Waals surface area contributed by atoms with Gasteiger partial charge in [-0.1, -0.05) is 56.3 Å². The van der Waals surface area contributed by atoms with Crippen molar-refractivity contribution in [2.75, 3.05) is 6.61 Å². The third-order valence-corrected chi connectivity index (χ3v) is 3.96. The number of carbonyl (C=O) groups excluding carboxylic acids is 2. The molecule has 2 aromatic rings. The summed E-state index contributed by atoms with van der Waals surface area (Å²) in [5, 5.41) is 2.62. The summed E-state index contributed by atoms with van der Waals surface area (Å²) in [6.07, 6.45) is 0. The largest absolute Gasteiger partial charge is 0.483 e. The van der Waals surface area contributed by atoms with Crippen LogP contribution < -0.4 is 15.8 Å². The van der Waals surface area contributed by atoms with E-state index in [-0.39, 0.29) is 6.61 Å².